The van der Waals surface area contributed by atoms with Crippen molar-refractivity contribution in [2.24, 2.45) is 5.92 Å². The Hall–Kier alpha value is -4.03. The Morgan fingerprint density at radius 2 is 1.74 bits per heavy atom. The average molecular weight is 582 g/mol. The van der Waals surface area contributed by atoms with E-state index in [9.17, 15) is 19.2 Å². The van der Waals surface area contributed by atoms with Crippen LogP contribution in [0.2, 0.25) is 0 Å². The van der Waals surface area contributed by atoms with Gasteiger partial charge in [0.05, 0.1) is 30.5 Å². The zero-order chi connectivity index (χ0) is 30.2. The van der Waals surface area contributed by atoms with Gasteiger partial charge in [0.25, 0.3) is 11.8 Å². The van der Waals surface area contributed by atoms with Gasteiger partial charge in [0.15, 0.2) is 6.10 Å². The minimum absolute atomic E-state index is 0.0522. The molecule has 0 unspecified atom stereocenters. The number of hydrazine groups is 1. The number of cyclic esters (lactones) is 2. The summed E-state index contributed by atoms with van der Waals surface area (Å²) in [6.45, 7) is 7.60. The molecule has 42 heavy (non-hydrogen) atoms. The fourth-order valence-corrected chi connectivity index (χ4v) is 4.76. The summed E-state index contributed by atoms with van der Waals surface area (Å²) < 4.78 is 15.8. The van der Waals surface area contributed by atoms with Crippen LogP contribution in [0.5, 0.6) is 0 Å². The SMILES string of the molecule is CC(C)[C@@H]1OC(=O)OCCOC/C=C/c2ccc3ccc(nc3c2)[C@@H](C)NC(=O)[C@@H]2CCCN(N2)C(=O)[C@H](C)NC1=O. The minimum atomic E-state index is -1.16. The summed E-state index contributed by atoms with van der Waals surface area (Å²) >= 11 is 0. The van der Waals surface area contributed by atoms with Crippen molar-refractivity contribution in [1.29, 1.82) is 0 Å². The van der Waals surface area contributed by atoms with Crippen LogP contribution in [-0.2, 0) is 28.6 Å². The first kappa shape index (κ1) is 30.9. The van der Waals surface area contributed by atoms with Gasteiger partial charge in [-0.3, -0.25) is 24.4 Å². The third-order valence-electron chi connectivity index (χ3n) is 7.10. The standard InChI is InChI=1S/C30H39N5O7/c1-18(2)26-28(37)32-20(4)29(38)35-13-5-8-24(34-35)27(36)31-19(3)23-12-11-22-10-9-21(17-25(22)33-23)7-6-14-40-15-16-41-30(39)42-26/h6-7,9-12,17-20,24,26,34H,5,8,13-16H2,1-4H3,(H,31,36)(H,32,37)/b7-6+/t19-,20+,24+,26+/m1/s1. The first-order valence-corrected chi connectivity index (χ1v) is 14.3. The summed E-state index contributed by atoms with van der Waals surface area (Å²) in [5, 5.41) is 7.95. The van der Waals surface area contributed by atoms with Gasteiger partial charge in [0, 0.05) is 11.9 Å². The summed E-state index contributed by atoms with van der Waals surface area (Å²) in [5.41, 5.74) is 5.44. The molecule has 3 heterocycles. The van der Waals surface area contributed by atoms with Gasteiger partial charge in [-0.2, -0.15) is 0 Å². The van der Waals surface area contributed by atoms with Gasteiger partial charge in [0.1, 0.15) is 18.7 Å². The van der Waals surface area contributed by atoms with E-state index in [0.29, 0.717) is 31.7 Å². The summed E-state index contributed by atoms with van der Waals surface area (Å²) in [6.07, 6.45) is 2.73. The Morgan fingerprint density at radius 1 is 0.976 bits per heavy atom. The predicted molar refractivity (Wildman–Crippen MR) is 155 cm³/mol. The van der Waals surface area contributed by atoms with E-state index >= 15 is 0 Å². The number of carbonyl (C=O) groups is 4. The van der Waals surface area contributed by atoms with Crippen LogP contribution < -0.4 is 16.1 Å². The minimum Gasteiger partial charge on any atom is -0.432 e. The Kier molecular flexibility index (Phi) is 10.5. The van der Waals surface area contributed by atoms with Gasteiger partial charge in [-0.05, 0) is 50.3 Å². The second-order valence-corrected chi connectivity index (χ2v) is 10.8. The number of rotatable bonds is 1. The van der Waals surface area contributed by atoms with Crippen LogP contribution in [0.1, 0.15) is 57.8 Å². The van der Waals surface area contributed by atoms with E-state index < -0.39 is 36.2 Å². The highest BCUT2D eigenvalue weighted by atomic mass is 16.7. The number of nitrogens with zero attached hydrogens (tertiary/aromatic N) is 2. The van der Waals surface area contributed by atoms with Gasteiger partial charge in [-0.25, -0.2) is 10.2 Å². The molecule has 2 aliphatic rings. The lowest BCUT2D eigenvalue weighted by Crippen LogP contribution is -2.61. The topological polar surface area (TPSA) is 148 Å². The van der Waals surface area contributed by atoms with Gasteiger partial charge < -0.3 is 24.8 Å². The highest BCUT2D eigenvalue weighted by Crippen LogP contribution is 2.20. The van der Waals surface area contributed by atoms with Crippen molar-refractivity contribution in [3.63, 3.8) is 0 Å². The Labute approximate surface area is 245 Å². The Balaban J connectivity index is 1.53. The van der Waals surface area contributed by atoms with Crippen molar-refractivity contribution >= 4 is 40.9 Å². The fourth-order valence-electron chi connectivity index (χ4n) is 4.76. The fraction of sp³-hybridized carbons (Fsp3) is 0.500. The van der Waals surface area contributed by atoms with Crippen LogP contribution in [-0.4, -0.2) is 78.4 Å². The van der Waals surface area contributed by atoms with Gasteiger partial charge in [-0.15, -0.1) is 0 Å². The molecule has 12 nitrogen and oxygen atoms in total. The zero-order valence-electron chi connectivity index (χ0n) is 24.4. The molecule has 2 aliphatic heterocycles. The first-order valence-electron chi connectivity index (χ1n) is 14.3. The molecule has 5 bridgehead atoms. The molecule has 0 saturated carbocycles. The van der Waals surface area contributed by atoms with E-state index in [2.05, 4.69) is 16.1 Å². The van der Waals surface area contributed by atoms with E-state index in [4.69, 9.17) is 19.2 Å². The molecule has 3 N–H and O–H groups in total. The third-order valence-corrected chi connectivity index (χ3v) is 7.10. The molecule has 1 aromatic heterocycles. The summed E-state index contributed by atoms with van der Waals surface area (Å²) in [7, 11) is 0. The van der Waals surface area contributed by atoms with E-state index in [-0.39, 0.29) is 31.1 Å². The highest BCUT2D eigenvalue weighted by Gasteiger charge is 2.34. The van der Waals surface area contributed by atoms with Crippen molar-refractivity contribution in [3.8, 4) is 0 Å². The number of hydrogen-bond donors (Lipinski definition) is 3. The lowest BCUT2D eigenvalue weighted by molar-refractivity contribution is -0.145. The largest absolute Gasteiger partial charge is 0.509 e. The van der Waals surface area contributed by atoms with Crippen molar-refractivity contribution in [2.75, 3.05) is 26.4 Å². The molecule has 0 radical (unpaired) electrons. The predicted octanol–water partition coefficient (Wildman–Crippen LogP) is 2.63. The van der Waals surface area contributed by atoms with Crippen LogP contribution in [0, 0.1) is 5.92 Å². The summed E-state index contributed by atoms with van der Waals surface area (Å²) in [6, 6.07) is 7.82. The van der Waals surface area contributed by atoms with E-state index in [1.807, 2.05) is 49.4 Å². The quantitative estimate of drug-likeness (QED) is 0.432. The first-order chi connectivity index (χ1) is 20.1. The molecule has 226 valence electrons. The number of nitrogens with one attached hydrogen (secondary N) is 3. The molecule has 4 rings (SSSR count). The molecule has 12 heteroatoms. The van der Waals surface area contributed by atoms with E-state index in [1.165, 1.54) is 5.01 Å². The maximum Gasteiger partial charge on any atom is 0.509 e. The van der Waals surface area contributed by atoms with Crippen molar-refractivity contribution in [3.05, 3.63) is 47.7 Å². The number of hydrogen-bond acceptors (Lipinski definition) is 9. The number of aromatic nitrogens is 1. The third kappa shape index (κ3) is 8.04. The van der Waals surface area contributed by atoms with Crippen LogP contribution in [0.4, 0.5) is 4.79 Å². The molecule has 1 aromatic carbocycles. The lowest BCUT2D eigenvalue weighted by Gasteiger charge is -2.35. The van der Waals surface area contributed by atoms with Gasteiger partial charge in [-0.1, -0.05) is 44.2 Å². The van der Waals surface area contributed by atoms with Crippen LogP contribution in [0.25, 0.3) is 17.0 Å². The van der Waals surface area contributed by atoms with Crippen LogP contribution in [0.3, 0.4) is 0 Å². The number of benzene rings is 1. The maximum absolute atomic E-state index is 13.2. The molecule has 1 saturated heterocycles. The van der Waals surface area contributed by atoms with Crippen LogP contribution >= 0.6 is 0 Å². The van der Waals surface area contributed by atoms with Crippen molar-refractivity contribution in [2.45, 2.75) is 64.8 Å². The zero-order valence-corrected chi connectivity index (χ0v) is 24.4. The van der Waals surface area contributed by atoms with Crippen molar-refractivity contribution in [1.82, 2.24) is 26.1 Å². The molecule has 2 aromatic rings. The molecule has 3 amide bonds. The number of fused-ring (bicyclic) bond motifs is 4. The maximum atomic E-state index is 13.2. The normalized spacial score (nSPS) is 26.2. The Morgan fingerprint density at radius 3 is 2.52 bits per heavy atom. The van der Waals surface area contributed by atoms with Crippen molar-refractivity contribution < 1.29 is 33.4 Å². The number of ether oxygens (including phenoxy) is 3. The van der Waals surface area contributed by atoms with E-state index in [0.717, 1.165) is 16.5 Å². The summed E-state index contributed by atoms with van der Waals surface area (Å²) in [4.78, 5) is 56.3. The van der Waals surface area contributed by atoms with Gasteiger partial charge in [0.2, 0.25) is 5.91 Å². The number of amides is 3. The summed E-state index contributed by atoms with van der Waals surface area (Å²) in [5.74, 6) is -1.67. The monoisotopic (exact) mass is 581 g/mol. The smallest absolute Gasteiger partial charge is 0.432 e. The Bertz CT molecular complexity index is 1330. The van der Waals surface area contributed by atoms with Crippen LogP contribution in [0.15, 0.2) is 36.4 Å². The molecule has 0 aliphatic carbocycles. The molecule has 0 spiro atoms. The molecule has 4 atom stereocenters. The molecular weight excluding hydrogens is 542 g/mol. The molecule has 1 fully saturated rings. The van der Waals surface area contributed by atoms with Gasteiger partial charge >= 0.3 is 6.16 Å². The lowest BCUT2D eigenvalue weighted by atomic mass is 10.1. The molecular formula is C30H39N5O7. The average Bonchev–Trinajstić information content (AvgIpc) is 2.97. The number of pyridine rings is 1. The number of carbonyl (C=O) groups excluding carboxylic acids is 4. The second-order valence-electron chi connectivity index (χ2n) is 10.8. The van der Waals surface area contributed by atoms with E-state index in [1.54, 1.807) is 20.8 Å². The second kappa shape index (κ2) is 14.2. The highest BCUT2D eigenvalue weighted by molar-refractivity contribution is 5.90.